The van der Waals surface area contributed by atoms with E-state index in [1.807, 2.05) is 12.2 Å². The van der Waals surface area contributed by atoms with Crippen LogP contribution in [0.4, 0.5) is 0 Å². The number of carbonyl (C=O) groups excluding carboxylic acids is 1. The molecular formula is C11H14O3. The molecule has 76 valence electrons. The monoisotopic (exact) mass is 194 g/mol. The molecule has 3 heteroatoms. The first-order valence-corrected chi connectivity index (χ1v) is 5.09. The Hall–Kier alpha value is -1.12. The lowest BCUT2D eigenvalue weighted by Crippen LogP contribution is -2.32. The summed E-state index contributed by atoms with van der Waals surface area (Å²) in [5.41, 5.74) is 0. The van der Waals surface area contributed by atoms with Gasteiger partial charge < -0.3 is 5.11 Å². The van der Waals surface area contributed by atoms with E-state index in [2.05, 4.69) is 0 Å². The van der Waals surface area contributed by atoms with Crippen LogP contribution in [-0.2, 0) is 9.59 Å². The zero-order chi connectivity index (χ0) is 10.3. The van der Waals surface area contributed by atoms with Crippen LogP contribution in [0.25, 0.3) is 0 Å². The summed E-state index contributed by atoms with van der Waals surface area (Å²) in [4.78, 5) is 22.7. The van der Waals surface area contributed by atoms with Crippen LogP contribution in [-0.4, -0.2) is 16.9 Å². The molecule has 1 saturated carbocycles. The van der Waals surface area contributed by atoms with Crippen LogP contribution in [0, 0.1) is 23.7 Å². The smallest absolute Gasteiger partial charge is 0.307 e. The van der Waals surface area contributed by atoms with E-state index in [0.717, 1.165) is 6.42 Å². The Morgan fingerprint density at radius 3 is 2.36 bits per heavy atom. The Kier molecular flexibility index (Phi) is 2.17. The lowest BCUT2D eigenvalue weighted by molar-refractivity contribution is -0.147. The van der Waals surface area contributed by atoms with Crippen molar-refractivity contribution in [2.24, 2.45) is 23.7 Å². The van der Waals surface area contributed by atoms with E-state index in [1.54, 1.807) is 6.92 Å². The molecular weight excluding hydrogens is 180 g/mol. The van der Waals surface area contributed by atoms with Crippen molar-refractivity contribution in [2.75, 3.05) is 0 Å². The third kappa shape index (κ3) is 1.19. The minimum atomic E-state index is -0.811. The number of ketones is 1. The molecule has 4 atom stereocenters. The summed E-state index contributed by atoms with van der Waals surface area (Å²) in [6, 6.07) is 0. The number of hydrogen-bond acceptors (Lipinski definition) is 2. The van der Waals surface area contributed by atoms with Crippen molar-refractivity contribution in [3.63, 3.8) is 0 Å². The van der Waals surface area contributed by atoms with E-state index in [1.165, 1.54) is 0 Å². The van der Waals surface area contributed by atoms with Gasteiger partial charge in [-0.2, -0.15) is 0 Å². The largest absolute Gasteiger partial charge is 0.481 e. The summed E-state index contributed by atoms with van der Waals surface area (Å²) >= 11 is 0. The zero-order valence-electron chi connectivity index (χ0n) is 8.14. The highest BCUT2D eigenvalue weighted by atomic mass is 16.4. The van der Waals surface area contributed by atoms with Crippen LogP contribution >= 0.6 is 0 Å². The first-order valence-electron chi connectivity index (χ1n) is 5.09. The molecule has 0 amide bonds. The number of aliphatic carboxylic acids is 1. The van der Waals surface area contributed by atoms with Gasteiger partial charge in [-0.25, -0.2) is 0 Å². The van der Waals surface area contributed by atoms with E-state index in [4.69, 9.17) is 5.11 Å². The van der Waals surface area contributed by atoms with Crippen LogP contribution in [0.3, 0.4) is 0 Å². The SMILES string of the molecule is CCC(=O)C1C2C=CC(C2)C1C(=O)O. The average molecular weight is 194 g/mol. The number of Topliss-reactive ketones (excluding diaryl/α,β-unsaturated/α-hetero) is 1. The molecule has 1 fully saturated rings. The van der Waals surface area contributed by atoms with Crippen LogP contribution < -0.4 is 0 Å². The van der Waals surface area contributed by atoms with Gasteiger partial charge in [-0.15, -0.1) is 0 Å². The topological polar surface area (TPSA) is 54.4 Å². The zero-order valence-corrected chi connectivity index (χ0v) is 8.14. The highest BCUT2D eigenvalue weighted by Gasteiger charge is 2.50. The highest BCUT2D eigenvalue weighted by Crippen LogP contribution is 2.48. The molecule has 0 spiro atoms. The highest BCUT2D eigenvalue weighted by molar-refractivity contribution is 5.88. The quantitative estimate of drug-likeness (QED) is 0.692. The molecule has 0 saturated heterocycles. The maximum absolute atomic E-state index is 11.6. The van der Waals surface area contributed by atoms with E-state index in [9.17, 15) is 9.59 Å². The van der Waals surface area contributed by atoms with Gasteiger partial charge in [0.25, 0.3) is 0 Å². The predicted octanol–water partition coefficient (Wildman–Crippen LogP) is 1.49. The maximum atomic E-state index is 11.6. The van der Waals surface area contributed by atoms with Crippen LogP contribution in [0.1, 0.15) is 19.8 Å². The Bertz CT molecular complexity index is 306. The van der Waals surface area contributed by atoms with Crippen molar-refractivity contribution in [1.82, 2.24) is 0 Å². The molecule has 14 heavy (non-hydrogen) atoms. The Morgan fingerprint density at radius 2 is 1.86 bits per heavy atom. The fraction of sp³-hybridized carbons (Fsp3) is 0.636. The molecule has 0 aromatic rings. The number of carbonyl (C=O) groups is 2. The van der Waals surface area contributed by atoms with Crippen molar-refractivity contribution in [3.05, 3.63) is 12.2 Å². The number of fused-ring (bicyclic) bond motifs is 2. The van der Waals surface area contributed by atoms with Crippen molar-refractivity contribution in [1.29, 1.82) is 0 Å². The second kappa shape index (κ2) is 3.23. The van der Waals surface area contributed by atoms with Gasteiger partial charge in [-0.05, 0) is 18.3 Å². The standard InChI is InChI=1S/C11H14O3/c1-2-8(12)9-6-3-4-7(5-6)10(9)11(13)14/h3-4,6-7,9-10H,2,5H2,1H3,(H,13,14). The molecule has 3 nitrogen and oxygen atoms in total. The van der Waals surface area contributed by atoms with Crippen molar-refractivity contribution >= 4 is 11.8 Å². The summed E-state index contributed by atoms with van der Waals surface area (Å²) in [6.45, 7) is 1.80. The number of carboxylic acid groups (broad SMARTS) is 1. The normalized spacial score (nSPS) is 38.9. The molecule has 0 radical (unpaired) electrons. The molecule has 2 aliphatic rings. The lowest BCUT2D eigenvalue weighted by Gasteiger charge is -2.22. The second-order valence-electron chi connectivity index (χ2n) is 4.16. The van der Waals surface area contributed by atoms with Crippen molar-refractivity contribution in [2.45, 2.75) is 19.8 Å². The Balaban J connectivity index is 2.26. The minimum Gasteiger partial charge on any atom is -0.481 e. The summed E-state index contributed by atoms with van der Waals surface area (Å²) in [6.07, 6.45) is 5.28. The van der Waals surface area contributed by atoms with Gasteiger partial charge >= 0.3 is 5.97 Å². The summed E-state index contributed by atoms with van der Waals surface area (Å²) in [5, 5.41) is 9.06. The fourth-order valence-corrected chi connectivity index (χ4v) is 2.83. The fourth-order valence-electron chi connectivity index (χ4n) is 2.83. The van der Waals surface area contributed by atoms with Crippen molar-refractivity contribution < 1.29 is 14.7 Å². The predicted molar refractivity (Wildman–Crippen MR) is 50.7 cm³/mol. The van der Waals surface area contributed by atoms with Crippen LogP contribution in [0.5, 0.6) is 0 Å². The number of hydrogen-bond donors (Lipinski definition) is 1. The van der Waals surface area contributed by atoms with Crippen molar-refractivity contribution in [3.8, 4) is 0 Å². The Morgan fingerprint density at radius 1 is 1.29 bits per heavy atom. The van der Waals surface area contributed by atoms with Gasteiger partial charge in [0.2, 0.25) is 0 Å². The van der Waals surface area contributed by atoms with E-state index in [0.29, 0.717) is 6.42 Å². The summed E-state index contributed by atoms with van der Waals surface area (Å²) < 4.78 is 0. The van der Waals surface area contributed by atoms with Crippen LogP contribution in [0.2, 0.25) is 0 Å². The second-order valence-corrected chi connectivity index (χ2v) is 4.16. The summed E-state index contributed by atoms with van der Waals surface area (Å²) in [7, 11) is 0. The van der Waals surface area contributed by atoms with Gasteiger partial charge in [-0.3, -0.25) is 9.59 Å². The van der Waals surface area contributed by atoms with E-state index >= 15 is 0 Å². The average Bonchev–Trinajstić information content (AvgIpc) is 2.74. The van der Waals surface area contributed by atoms with Gasteiger partial charge in [0, 0.05) is 12.3 Å². The molecule has 2 aliphatic carbocycles. The van der Waals surface area contributed by atoms with E-state index in [-0.39, 0.29) is 23.5 Å². The third-order valence-electron chi connectivity index (χ3n) is 3.46. The van der Waals surface area contributed by atoms with E-state index < -0.39 is 11.9 Å². The molecule has 2 bridgehead atoms. The number of rotatable bonds is 3. The first-order chi connectivity index (χ1) is 6.65. The van der Waals surface area contributed by atoms with Gasteiger partial charge in [0.15, 0.2) is 0 Å². The molecule has 0 heterocycles. The first kappa shape index (κ1) is 9.44. The number of carboxylic acids is 1. The maximum Gasteiger partial charge on any atom is 0.307 e. The van der Waals surface area contributed by atoms with Gasteiger partial charge in [-0.1, -0.05) is 19.1 Å². The lowest BCUT2D eigenvalue weighted by atomic mass is 9.80. The van der Waals surface area contributed by atoms with Gasteiger partial charge in [0.1, 0.15) is 5.78 Å². The molecule has 0 aliphatic heterocycles. The Labute approximate surface area is 82.8 Å². The van der Waals surface area contributed by atoms with Gasteiger partial charge in [0.05, 0.1) is 5.92 Å². The van der Waals surface area contributed by atoms with Crippen LogP contribution in [0.15, 0.2) is 12.2 Å². The molecule has 2 rings (SSSR count). The third-order valence-corrected chi connectivity index (χ3v) is 3.46. The minimum absolute atomic E-state index is 0.0954. The number of allylic oxidation sites excluding steroid dienone is 2. The molecule has 0 aromatic heterocycles. The summed E-state index contributed by atoms with van der Waals surface area (Å²) in [5.74, 6) is -1.14. The molecule has 4 unspecified atom stereocenters. The molecule has 1 N–H and O–H groups in total. The molecule has 0 aromatic carbocycles.